The first kappa shape index (κ1) is 90.0. The lowest BCUT2D eigenvalue weighted by molar-refractivity contribution is -0.160. The van der Waals surface area contributed by atoms with E-state index in [0.717, 1.165) is 12.0 Å². The van der Waals surface area contributed by atoms with E-state index in [9.17, 15) is 56.0 Å². The number of anilines is 2. The molecule has 0 aliphatic heterocycles. The van der Waals surface area contributed by atoms with E-state index in [1.807, 2.05) is 18.8 Å². The maximum absolute atomic E-state index is 13.5. The van der Waals surface area contributed by atoms with Crippen molar-refractivity contribution >= 4 is 153 Å². The predicted molar refractivity (Wildman–Crippen MR) is 446 cm³/mol. The van der Waals surface area contributed by atoms with E-state index in [2.05, 4.69) is 66.0 Å². The van der Waals surface area contributed by atoms with Gasteiger partial charge in [0.05, 0.1) is 32.3 Å². The molecule has 15 aromatic rings. The fourth-order valence-corrected chi connectivity index (χ4v) is 17.7. The van der Waals surface area contributed by atoms with Crippen molar-refractivity contribution in [1.82, 2.24) is 53.6 Å². The largest absolute Gasteiger partial charge is 0.339 e. The molecule has 0 unspecified atom stereocenters. The Hall–Kier alpha value is -10.5. The summed E-state index contributed by atoms with van der Waals surface area (Å²) in [5.41, 5.74) is 3.72. The molecule has 0 amide bonds. The van der Waals surface area contributed by atoms with Crippen LogP contribution in [0.1, 0.15) is 32.6 Å². The molecule has 1 N–H and O–H groups in total. The van der Waals surface area contributed by atoms with E-state index in [0.29, 0.717) is 93.9 Å². The van der Waals surface area contributed by atoms with Gasteiger partial charge in [0.15, 0.2) is 31.6 Å². The molecule has 0 radical (unpaired) electrons. The molecule has 0 atom stereocenters. The van der Waals surface area contributed by atoms with Crippen LogP contribution in [0, 0.1) is 23.3 Å². The highest BCUT2D eigenvalue weighted by molar-refractivity contribution is 9.10. The zero-order chi connectivity index (χ0) is 79.7. The van der Waals surface area contributed by atoms with E-state index >= 15 is 0 Å². The molecule has 0 fully saturated rings. The standard InChI is InChI=1S/C19H14FN3O4S2.2C19H14FN3O2S2.C12H10FN3OS.C7H7BrO2S.3CH4/c1-26-27-28-19-21-12-13-11-17(29(24,25)16-5-3-2-4-6-16)23(18(13)22-19)15-9-7-14(20)8-10-15;2*1-26-19-21-12-13-11-17(27(24,25)16-5-3-2-4-6-16)23(18(13)22-19)15-9-7-14(20)8-10-15;1-18-12-14-6-8(7-17)11(16-12)15-10-4-2-9(13)3-5-10;8-6-11(9,10)7-4-2-1-3-5-7;;;/h2-12H,1H3;2*2-12H,1H3;2-7H,1H3,(H,14,15,16);1-5H,6H2;3*1H4. The van der Waals surface area contributed by atoms with Crippen molar-refractivity contribution < 1.29 is 65.2 Å². The van der Waals surface area contributed by atoms with Crippen LogP contribution in [0.2, 0.25) is 0 Å². The molecule has 0 saturated carbocycles. The Morgan fingerprint density at radius 2 is 0.704 bits per heavy atom. The monoisotopic (exact) mass is 1770 g/mol. The predicted octanol–water partition coefficient (Wildman–Crippen LogP) is 18.8. The zero-order valence-corrected chi connectivity index (χ0v) is 66.8. The lowest BCUT2D eigenvalue weighted by Crippen LogP contribution is -2.09. The first-order chi connectivity index (χ1) is 53.9. The number of nitrogens with one attached hydrogen (secondary N) is 1. The second-order valence-corrected chi connectivity index (χ2v) is 34.8. The Bertz CT molecular complexity index is 6090. The lowest BCUT2D eigenvalue weighted by atomic mass is 10.3. The van der Waals surface area contributed by atoms with Gasteiger partial charge in [-0.05, 0) is 183 Å². The maximum atomic E-state index is 13.5. The first-order valence-corrected chi connectivity index (χ1v) is 44.1. The van der Waals surface area contributed by atoms with Crippen molar-refractivity contribution in [3.05, 3.63) is 290 Å². The summed E-state index contributed by atoms with van der Waals surface area (Å²) in [6.07, 6.45) is 12.3. The number of nitrogens with zero attached hydrogens (tertiary/aromatic N) is 11. The van der Waals surface area contributed by atoms with Crippen LogP contribution in [-0.2, 0) is 48.6 Å². The molecule has 8 aromatic carbocycles. The summed E-state index contributed by atoms with van der Waals surface area (Å²) in [7, 11) is -13.2. The number of hydrogen-bond acceptors (Lipinski definition) is 24. The summed E-state index contributed by atoms with van der Waals surface area (Å²) in [5, 5.41) is 6.59. The van der Waals surface area contributed by atoms with Gasteiger partial charge in [-0.25, -0.2) is 96.0 Å². The first-order valence-electron chi connectivity index (χ1n) is 32.4. The minimum absolute atomic E-state index is 0. The summed E-state index contributed by atoms with van der Waals surface area (Å²) in [4.78, 5) is 50.4. The van der Waals surface area contributed by atoms with Crippen LogP contribution in [-0.4, -0.2) is 124 Å². The number of aromatic nitrogens is 11. The number of carbonyl (C=O) groups excluding carboxylic acids is 1. The minimum atomic E-state index is -3.88. The molecule has 0 aliphatic carbocycles. The number of alkyl halides is 1. The van der Waals surface area contributed by atoms with Crippen LogP contribution in [0.3, 0.4) is 0 Å². The second-order valence-electron chi connectivity index (χ2n) is 22.8. The van der Waals surface area contributed by atoms with Gasteiger partial charge in [-0.2, -0.15) is 4.33 Å². The molecule has 15 rings (SSSR count). The van der Waals surface area contributed by atoms with Gasteiger partial charge < -0.3 is 5.32 Å². The van der Waals surface area contributed by atoms with Crippen LogP contribution in [0.25, 0.3) is 50.2 Å². The molecule has 36 heteroatoms. The van der Waals surface area contributed by atoms with Crippen molar-refractivity contribution in [2.75, 3.05) is 35.9 Å². The number of rotatable bonds is 20. The Morgan fingerprint density at radius 1 is 0.409 bits per heavy atom. The summed E-state index contributed by atoms with van der Waals surface area (Å²) >= 11 is 7.80. The van der Waals surface area contributed by atoms with Gasteiger partial charge in [0.25, 0.3) is 0 Å². The highest BCUT2D eigenvalue weighted by Crippen LogP contribution is 2.36. The highest BCUT2D eigenvalue weighted by Gasteiger charge is 2.30. The summed E-state index contributed by atoms with van der Waals surface area (Å²) in [6.45, 7) is 0. The quantitative estimate of drug-likeness (QED) is 0.0108. The van der Waals surface area contributed by atoms with Crippen LogP contribution >= 0.6 is 63.3 Å². The number of aldehydes is 1. The third-order valence-electron chi connectivity index (χ3n) is 15.7. The Kier molecular flexibility index (Phi) is 31.8. The summed E-state index contributed by atoms with van der Waals surface area (Å²) in [5.74, 6) is -1.14. The van der Waals surface area contributed by atoms with Crippen molar-refractivity contribution in [2.24, 2.45) is 0 Å². The number of thioether (sulfide) groups is 3. The van der Waals surface area contributed by atoms with Crippen molar-refractivity contribution in [1.29, 1.82) is 0 Å². The molecular weight excluding hydrogens is 1710 g/mol. The van der Waals surface area contributed by atoms with E-state index in [-0.39, 0.29) is 67.7 Å². The van der Waals surface area contributed by atoms with Crippen LogP contribution in [0.4, 0.5) is 29.1 Å². The van der Waals surface area contributed by atoms with Crippen LogP contribution < -0.4 is 5.32 Å². The summed E-state index contributed by atoms with van der Waals surface area (Å²) in [6, 6.07) is 59.9. The number of sulfone groups is 4. The van der Waals surface area contributed by atoms with Gasteiger partial charge in [0, 0.05) is 63.7 Å². The number of halogens is 5. The van der Waals surface area contributed by atoms with Crippen molar-refractivity contribution in [2.45, 2.75) is 77.6 Å². The van der Waals surface area contributed by atoms with E-state index < -0.39 is 56.8 Å². The number of benzene rings is 8. The van der Waals surface area contributed by atoms with Crippen LogP contribution in [0.15, 0.2) is 317 Å². The zero-order valence-electron chi connectivity index (χ0n) is 58.7. The average molecular weight is 1780 g/mol. The lowest BCUT2D eigenvalue weighted by Gasteiger charge is -2.11. The summed E-state index contributed by atoms with van der Waals surface area (Å²) < 4.78 is 164. The number of fused-ring (bicyclic) bond motifs is 3. The van der Waals surface area contributed by atoms with E-state index in [1.54, 1.807) is 146 Å². The molecule has 596 valence electrons. The van der Waals surface area contributed by atoms with E-state index in [4.69, 9.17) is 4.33 Å². The third-order valence-corrected chi connectivity index (χ3v) is 26.2. The molecule has 0 saturated heterocycles. The van der Waals surface area contributed by atoms with Gasteiger partial charge in [0.2, 0.25) is 34.7 Å². The SMILES string of the molecule is C.C.C.COOSc1ncc2cc(S(=O)(=O)c3ccccc3)n(-c3ccc(F)cc3)c2n1.CSc1ncc(C=O)c(Nc2ccc(F)cc2)n1.CSc1ncc2cc(S(=O)(=O)c3ccccc3)n(-c3ccc(F)cc3)c2n1.CSc1ncc2cc(S(=O)(=O)c3ccccc3)n(-c3ccc(F)cc3)c2n1.O=S(=O)(CBr)c1ccccc1. The minimum Gasteiger partial charge on any atom is -0.339 e. The average Bonchev–Trinajstić information content (AvgIpc) is 1.61. The normalized spacial score (nSPS) is 11.2. The van der Waals surface area contributed by atoms with Gasteiger partial charge in [0.1, 0.15) is 77.8 Å². The molecule has 115 heavy (non-hydrogen) atoms. The Labute approximate surface area is 687 Å². The highest BCUT2D eigenvalue weighted by atomic mass is 79.9. The third kappa shape index (κ3) is 21.5. The Morgan fingerprint density at radius 3 is 1.02 bits per heavy atom. The molecule has 0 spiro atoms. The molecule has 0 aliphatic rings. The molecular formula is C79H71BrF4N12O11S8. The fourth-order valence-electron chi connectivity index (χ4n) is 10.4. The van der Waals surface area contributed by atoms with Gasteiger partial charge >= 0.3 is 0 Å². The number of carbonyl (C=O) groups is 1. The molecule has 7 heterocycles. The molecule has 0 bridgehead atoms. The van der Waals surface area contributed by atoms with Crippen molar-refractivity contribution in [3.8, 4) is 17.1 Å². The Balaban J connectivity index is 0.000000184. The van der Waals surface area contributed by atoms with Crippen molar-refractivity contribution in [3.63, 3.8) is 0 Å². The van der Waals surface area contributed by atoms with Crippen LogP contribution in [0.5, 0.6) is 0 Å². The van der Waals surface area contributed by atoms with Gasteiger partial charge in [-0.1, -0.05) is 146 Å². The second kappa shape index (κ2) is 40.7. The van der Waals surface area contributed by atoms with E-state index in [1.165, 1.54) is 172 Å². The number of hydrogen-bond donors (Lipinski definition) is 1. The maximum Gasteiger partial charge on any atom is 0.222 e. The van der Waals surface area contributed by atoms with Gasteiger partial charge in [-0.3, -0.25) is 18.5 Å². The smallest absolute Gasteiger partial charge is 0.222 e. The topological polar surface area (TPSA) is 302 Å². The molecule has 7 aromatic heterocycles. The van der Waals surface area contributed by atoms with Gasteiger partial charge in [-0.15, -0.1) is 0 Å². The fraction of sp³-hybridized carbons (Fsp3) is 0.101. The molecule has 23 nitrogen and oxygen atoms in total.